The Balaban J connectivity index is 0.00000256. The van der Waals surface area contributed by atoms with Crippen molar-refractivity contribution in [3.05, 3.63) is 46.5 Å². The van der Waals surface area contributed by atoms with Crippen LogP contribution in [0.1, 0.15) is 31.8 Å². The van der Waals surface area contributed by atoms with Crippen LogP contribution >= 0.6 is 0 Å². The summed E-state index contributed by atoms with van der Waals surface area (Å²) in [7, 11) is -9.07. The predicted molar refractivity (Wildman–Crippen MR) is 98.7 cm³/mol. The fourth-order valence-corrected chi connectivity index (χ4v) is 3.65. The van der Waals surface area contributed by atoms with Crippen LogP contribution in [0.4, 0.5) is 11.4 Å². The van der Waals surface area contributed by atoms with E-state index in [1.54, 1.807) is 0 Å². The van der Waals surface area contributed by atoms with E-state index in [9.17, 15) is 36.6 Å². The third-order valence-electron chi connectivity index (χ3n) is 4.13. The second-order valence-electron chi connectivity index (χ2n) is 6.19. The molecule has 16 heteroatoms. The normalized spacial score (nSPS) is 12.7. The topological polar surface area (TPSA) is 213 Å². The van der Waals surface area contributed by atoms with Crippen molar-refractivity contribution >= 4 is 43.2 Å². The molecule has 0 radical (unpaired) electrons. The monoisotopic (exact) mass is 502 g/mol. The van der Waals surface area contributed by atoms with Crippen molar-refractivity contribution in [3.63, 3.8) is 0 Å². The summed E-state index contributed by atoms with van der Waals surface area (Å²) in [6.45, 7) is 0. The van der Waals surface area contributed by atoms with Crippen molar-refractivity contribution < 1.29 is 105 Å². The van der Waals surface area contributed by atoms with Gasteiger partial charge in [0.2, 0.25) is 0 Å². The van der Waals surface area contributed by atoms with Gasteiger partial charge in [0.1, 0.15) is 11.8 Å². The molecule has 1 aliphatic rings. The molecule has 3 rings (SSSR count). The number of rotatable bonds is 6. The average Bonchev–Trinajstić information content (AvgIpc) is 2.62. The molecular weight excluding hydrogens is 490 g/mol. The molecule has 0 aromatic heterocycles. The number of hydrogen-bond donors (Lipinski definition) is 4. The van der Waals surface area contributed by atoms with Gasteiger partial charge in [-0.15, -0.1) is 0 Å². The Hall–Kier alpha value is -1.20. The number of ketones is 2. The van der Waals surface area contributed by atoms with Gasteiger partial charge in [-0.2, -0.15) is 16.8 Å². The summed E-state index contributed by atoms with van der Waals surface area (Å²) in [6, 6.07) is 3.81. The molecule has 0 bridgehead atoms. The minimum Gasteiger partial charge on any atom is -0.872 e. The van der Waals surface area contributed by atoms with Crippen LogP contribution in [0.3, 0.4) is 0 Å². The van der Waals surface area contributed by atoms with Gasteiger partial charge in [0, 0.05) is 22.5 Å². The van der Waals surface area contributed by atoms with Gasteiger partial charge in [-0.05, 0) is 12.1 Å². The summed E-state index contributed by atoms with van der Waals surface area (Å²) in [4.78, 5) is 26.0. The molecule has 160 valence electrons. The number of anilines is 2. The van der Waals surface area contributed by atoms with Crippen LogP contribution in [0.15, 0.2) is 24.3 Å². The predicted octanol–water partition coefficient (Wildman–Crippen LogP) is -6.87. The Morgan fingerprint density at radius 3 is 1.28 bits per heavy atom. The van der Waals surface area contributed by atoms with Crippen LogP contribution in [-0.2, 0) is 20.2 Å². The molecule has 0 spiro atoms. The Morgan fingerprint density at radius 1 is 0.656 bits per heavy atom. The summed E-state index contributed by atoms with van der Waals surface area (Å²) in [5.74, 6) is -6.03. The molecule has 0 amide bonds. The van der Waals surface area contributed by atoms with Crippen molar-refractivity contribution in [2.75, 3.05) is 22.4 Å². The molecule has 0 saturated carbocycles. The number of carbonyl (C=O) groups is 2. The largest absolute Gasteiger partial charge is 1.00 e. The first-order chi connectivity index (χ1) is 13.8. The van der Waals surface area contributed by atoms with E-state index in [1.165, 1.54) is 0 Å². The Morgan fingerprint density at radius 2 is 0.969 bits per heavy atom. The van der Waals surface area contributed by atoms with Gasteiger partial charge in [0.05, 0.1) is 11.1 Å². The van der Waals surface area contributed by atoms with E-state index in [2.05, 4.69) is 10.6 Å². The number of hydrogen-bond acceptors (Lipinski definition) is 10. The Labute approximate surface area is 226 Å². The van der Waals surface area contributed by atoms with Crippen molar-refractivity contribution in [1.82, 2.24) is 0 Å². The molecule has 0 heterocycles. The van der Waals surface area contributed by atoms with E-state index in [1.807, 2.05) is 0 Å². The molecular formula is C16H12N2Na2O10S2. The Bertz CT molecular complexity index is 1210. The summed E-state index contributed by atoms with van der Waals surface area (Å²) >= 11 is 0. The van der Waals surface area contributed by atoms with E-state index >= 15 is 0 Å². The molecule has 2 aromatic rings. The maximum atomic E-state index is 13.1. The molecule has 12 nitrogen and oxygen atoms in total. The molecule has 0 unspecified atom stereocenters. The minimum absolute atomic E-state index is 0. The van der Waals surface area contributed by atoms with Crippen LogP contribution in [0.5, 0.6) is 11.5 Å². The van der Waals surface area contributed by atoms with Crippen LogP contribution in [-0.4, -0.2) is 49.3 Å². The number of carbonyl (C=O) groups excluding carboxylic acids is 2. The van der Waals surface area contributed by atoms with Gasteiger partial charge in [0.25, 0.3) is 20.2 Å². The third kappa shape index (κ3) is 6.02. The van der Waals surface area contributed by atoms with Gasteiger partial charge in [-0.3, -0.25) is 18.7 Å². The quantitative estimate of drug-likeness (QED) is 0.183. The molecule has 2 aromatic carbocycles. The fraction of sp³-hybridized carbons (Fsp3) is 0.125. The van der Waals surface area contributed by atoms with E-state index in [-0.39, 0.29) is 70.5 Å². The number of benzene rings is 2. The summed E-state index contributed by atoms with van der Waals surface area (Å²) in [5, 5.41) is 28.9. The molecule has 4 N–H and O–H groups in total. The van der Waals surface area contributed by atoms with Crippen molar-refractivity contribution in [3.8, 4) is 11.5 Å². The van der Waals surface area contributed by atoms with Crippen LogP contribution in [0.25, 0.3) is 0 Å². The average molecular weight is 502 g/mol. The molecule has 0 atom stereocenters. The summed E-state index contributed by atoms with van der Waals surface area (Å²) in [6.07, 6.45) is 0. The molecule has 1 aliphatic carbocycles. The number of nitrogens with one attached hydrogen (secondary N) is 2. The minimum atomic E-state index is -4.53. The second kappa shape index (κ2) is 10.4. The Kier molecular flexibility index (Phi) is 9.35. The third-order valence-corrected chi connectivity index (χ3v) is 5.15. The van der Waals surface area contributed by atoms with Crippen LogP contribution < -0.4 is 80.0 Å². The van der Waals surface area contributed by atoms with E-state index in [0.29, 0.717) is 0 Å². The molecule has 0 aliphatic heterocycles. The maximum Gasteiger partial charge on any atom is 1.00 e. The van der Waals surface area contributed by atoms with Crippen molar-refractivity contribution in [1.29, 1.82) is 0 Å². The standard InChI is InChI=1S/C16H14N2O10S2.2Na/c19-9-3-1-7(17-5-29(23,24)25)11-13(9)16(22)14-10(20)4-2-8(12(14)15(11)21)18-6-30(26,27)28;;/h1-4,17-20H,5-6H2,(H,23,24,25)(H,26,27,28);;/q;2*+1/p-2. The van der Waals surface area contributed by atoms with Crippen LogP contribution in [0, 0.1) is 0 Å². The van der Waals surface area contributed by atoms with Gasteiger partial charge < -0.3 is 20.8 Å². The van der Waals surface area contributed by atoms with E-state index in [0.717, 1.165) is 24.3 Å². The zero-order valence-electron chi connectivity index (χ0n) is 16.7. The van der Waals surface area contributed by atoms with Gasteiger partial charge in [-0.25, -0.2) is 0 Å². The summed E-state index contributed by atoms with van der Waals surface area (Å²) in [5.41, 5.74) is -2.96. The fourth-order valence-electron chi connectivity index (χ4n) is 2.97. The molecule has 0 fully saturated rings. The number of fused-ring (bicyclic) bond motifs is 2. The zero-order chi connectivity index (χ0) is 22.4. The molecule has 32 heavy (non-hydrogen) atoms. The second-order valence-corrected chi connectivity index (χ2v) is 9.09. The first-order valence-corrected chi connectivity index (χ1v) is 11.2. The van der Waals surface area contributed by atoms with E-state index < -0.39 is 77.3 Å². The van der Waals surface area contributed by atoms with Gasteiger partial charge >= 0.3 is 59.1 Å². The smallest absolute Gasteiger partial charge is 0.872 e. The van der Waals surface area contributed by atoms with Crippen molar-refractivity contribution in [2.24, 2.45) is 0 Å². The van der Waals surface area contributed by atoms with Gasteiger partial charge in [-0.1, -0.05) is 23.6 Å². The SMILES string of the molecule is O=C1c2c([O-])ccc(NCS(=O)(=O)O)c2C(=O)c2c(NCS(=O)(=O)O)ccc([O-])c21.[Na+].[Na+]. The zero-order valence-corrected chi connectivity index (χ0v) is 22.3. The summed E-state index contributed by atoms with van der Waals surface area (Å²) < 4.78 is 61.8. The van der Waals surface area contributed by atoms with E-state index in [4.69, 9.17) is 9.11 Å². The first kappa shape index (κ1) is 28.8. The molecule has 0 saturated heterocycles. The maximum absolute atomic E-state index is 13.1. The first-order valence-electron chi connectivity index (χ1n) is 7.95. The van der Waals surface area contributed by atoms with Crippen molar-refractivity contribution in [2.45, 2.75) is 0 Å². The van der Waals surface area contributed by atoms with Gasteiger partial charge in [0.15, 0.2) is 11.6 Å². The van der Waals surface area contributed by atoms with Crippen LogP contribution in [0.2, 0.25) is 0 Å².